The second-order valence-corrected chi connectivity index (χ2v) is 8.10. The van der Waals surface area contributed by atoms with Gasteiger partial charge in [0, 0.05) is 17.8 Å². The van der Waals surface area contributed by atoms with E-state index in [4.69, 9.17) is 5.26 Å². The highest BCUT2D eigenvalue weighted by Crippen LogP contribution is 2.30. The van der Waals surface area contributed by atoms with Crippen LogP contribution in [-0.2, 0) is 6.54 Å². The van der Waals surface area contributed by atoms with Gasteiger partial charge in [-0.05, 0) is 31.9 Å². The van der Waals surface area contributed by atoms with Crippen LogP contribution in [0.15, 0.2) is 39.6 Å². The van der Waals surface area contributed by atoms with Crippen molar-refractivity contribution in [2.45, 2.75) is 44.0 Å². The fourth-order valence-corrected chi connectivity index (χ4v) is 4.02. The highest BCUT2D eigenvalue weighted by atomic mass is 32.2. The number of benzene rings is 1. The average Bonchev–Trinajstić information content (AvgIpc) is 3.17. The van der Waals surface area contributed by atoms with Gasteiger partial charge in [-0.2, -0.15) is 5.26 Å². The first-order valence-electron chi connectivity index (χ1n) is 8.23. The Kier molecular flexibility index (Phi) is 6.53. The number of H-pyrrole nitrogens is 1. The molecular formula is C18H22N4O2S2. The molecule has 0 saturated carbocycles. The molecular weight excluding hydrogens is 368 g/mol. The lowest BCUT2D eigenvalue weighted by molar-refractivity contribution is 0.0608. The molecule has 1 aromatic carbocycles. The molecule has 2 heterocycles. The van der Waals surface area contributed by atoms with Crippen molar-refractivity contribution in [3.8, 4) is 6.07 Å². The third-order valence-electron chi connectivity index (χ3n) is 3.34. The molecule has 2 aromatic heterocycles. The molecule has 3 N–H and O–H groups in total. The molecule has 8 heteroatoms. The molecule has 0 bridgehead atoms. The van der Waals surface area contributed by atoms with Crippen molar-refractivity contribution >= 4 is 39.9 Å². The standard InChI is InChI=1S/C16H16N4O2S2.C2H6/c1-16(2,22)9-20-8-13(23-15(20)21)24-19-12-5-3-4-11-10(6-17)7-18-14(11)12;1-2/h3-5,7-8,18-19,22H,9H2,1-2H3;1-2H3. The quantitative estimate of drug-likeness (QED) is 0.568. The predicted octanol–water partition coefficient (Wildman–Crippen LogP) is 4.18. The third kappa shape index (κ3) is 4.69. The molecule has 0 spiro atoms. The Morgan fingerprint density at radius 3 is 2.81 bits per heavy atom. The number of nitrogens with one attached hydrogen (secondary N) is 2. The predicted molar refractivity (Wildman–Crippen MR) is 109 cm³/mol. The van der Waals surface area contributed by atoms with Crippen LogP contribution < -0.4 is 9.60 Å². The van der Waals surface area contributed by atoms with E-state index in [0.717, 1.165) is 32.1 Å². The van der Waals surface area contributed by atoms with Crippen molar-refractivity contribution in [2.75, 3.05) is 4.72 Å². The fraction of sp³-hybridized carbons (Fsp3) is 0.333. The molecule has 0 amide bonds. The Labute approximate surface area is 160 Å². The number of nitriles is 1. The van der Waals surface area contributed by atoms with Crippen LogP contribution in [0, 0.1) is 11.3 Å². The van der Waals surface area contributed by atoms with Crippen molar-refractivity contribution in [2.24, 2.45) is 0 Å². The molecule has 6 nitrogen and oxygen atoms in total. The molecule has 0 aliphatic heterocycles. The number of aromatic amines is 1. The lowest BCUT2D eigenvalue weighted by Crippen LogP contribution is -2.29. The van der Waals surface area contributed by atoms with Crippen LogP contribution in [-0.4, -0.2) is 20.3 Å². The Morgan fingerprint density at radius 1 is 1.42 bits per heavy atom. The van der Waals surface area contributed by atoms with Crippen LogP contribution in [0.4, 0.5) is 5.69 Å². The second kappa shape index (κ2) is 8.45. The van der Waals surface area contributed by atoms with E-state index in [2.05, 4.69) is 15.8 Å². The summed E-state index contributed by atoms with van der Waals surface area (Å²) >= 11 is 2.45. The summed E-state index contributed by atoms with van der Waals surface area (Å²) in [5, 5.41) is 19.8. The maximum Gasteiger partial charge on any atom is 0.308 e. The van der Waals surface area contributed by atoms with Gasteiger partial charge in [0.05, 0.1) is 28.9 Å². The van der Waals surface area contributed by atoms with E-state index in [1.807, 2.05) is 32.0 Å². The van der Waals surface area contributed by atoms with Crippen LogP contribution in [0.25, 0.3) is 10.9 Å². The van der Waals surface area contributed by atoms with E-state index < -0.39 is 5.60 Å². The summed E-state index contributed by atoms with van der Waals surface area (Å²) in [6, 6.07) is 7.82. The number of aliphatic hydroxyl groups is 1. The molecule has 26 heavy (non-hydrogen) atoms. The van der Waals surface area contributed by atoms with Crippen molar-refractivity contribution in [3.05, 3.63) is 45.8 Å². The Morgan fingerprint density at radius 2 is 2.15 bits per heavy atom. The number of hydrogen-bond acceptors (Lipinski definition) is 6. The van der Waals surface area contributed by atoms with E-state index in [0.29, 0.717) is 5.56 Å². The summed E-state index contributed by atoms with van der Waals surface area (Å²) in [6.45, 7) is 7.59. The van der Waals surface area contributed by atoms with E-state index in [9.17, 15) is 9.90 Å². The summed E-state index contributed by atoms with van der Waals surface area (Å²) < 4.78 is 5.53. The minimum atomic E-state index is -0.941. The van der Waals surface area contributed by atoms with Gasteiger partial charge in [-0.3, -0.25) is 4.79 Å². The van der Waals surface area contributed by atoms with Gasteiger partial charge in [-0.25, -0.2) is 0 Å². The minimum Gasteiger partial charge on any atom is -0.389 e. The SMILES string of the molecule is CC.CC(C)(O)Cn1cc(SNc2cccc3c(C#N)c[nH]c23)sc1=O. The number of fused-ring (bicyclic) bond motifs is 1. The smallest absolute Gasteiger partial charge is 0.308 e. The van der Waals surface area contributed by atoms with Crippen LogP contribution >= 0.6 is 23.3 Å². The van der Waals surface area contributed by atoms with Crippen molar-refractivity contribution in [1.29, 1.82) is 5.26 Å². The number of nitrogens with zero attached hydrogens (tertiary/aromatic N) is 2. The van der Waals surface area contributed by atoms with Gasteiger partial charge >= 0.3 is 4.87 Å². The largest absolute Gasteiger partial charge is 0.389 e. The van der Waals surface area contributed by atoms with Gasteiger partial charge in [-0.15, -0.1) is 0 Å². The number of rotatable bonds is 5. The van der Waals surface area contributed by atoms with Gasteiger partial charge in [-0.1, -0.05) is 37.3 Å². The highest BCUT2D eigenvalue weighted by Gasteiger charge is 2.16. The zero-order valence-corrected chi connectivity index (χ0v) is 16.8. The topological polar surface area (TPSA) is 93.8 Å². The third-order valence-corrected chi connectivity index (χ3v) is 5.18. The van der Waals surface area contributed by atoms with Gasteiger partial charge in [0.1, 0.15) is 10.3 Å². The molecule has 0 fully saturated rings. The second-order valence-electron chi connectivity index (χ2n) is 6.00. The molecule has 0 atom stereocenters. The van der Waals surface area contributed by atoms with E-state index in [1.54, 1.807) is 26.2 Å². The molecule has 0 aliphatic rings. The molecule has 3 aromatic rings. The number of anilines is 1. The highest BCUT2D eigenvalue weighted by molar-refractivity contribution is 8.02. The zero-order chi connectivity index (χ0) is 19.3. The summed E-state index contributed by atoms with van der Waals surface area (Å²) in [4.78, 5) is 15.0. The molecule has 0 unspecified atom stereocenters. The number of aromatic nitrogens is 2. The van der Waals surface area contributed by atoms with Gasteiger partial charge in [0.15, 0.2) is 0 Å². The molecule has 0 saturated heterocycles. The maximum absolute atomic E-state index is 12.0. The lowest BCUT2D eigenvalue weighted by Gasteiger charge is -2.16. The van der Waals surface area contributed by atoms with Crippen LogP contribution in [0.2, 0.25) is 0 Å². The molecule has 3 rings (SSSR count). The van der Waals surface area contributed by atoms with Gasteiger partial charge in [0.2, 0.25) is 0 Å². The monoisotopic (exact) mass is 390 g/mol. The van der Waals surface area contributed by atoms with Gasteiger partial charge in [0.25, 0.3) is 0 Å². The van der Waals surface area contributed by atoms with Crippen LogP contribution in [0.3, 0.4) is 0 Å². The molecule has 138 valence electrons. The van der Waals surface area contributed by atoms with Crippen molar-refractivity contribution < 1.29 is 5.11 Å². The summed E-state index contributed by atoms with van der Waals surface area (Å²) in [5.41, 5.74) is 1.35. The first kappa shape index (κ1) is 20.1. The van der Waals surface area contributed by atoms with Gasteiger partial charge < -0.3 is 19.4 Å². The Bertz CT molecular complexity index is 974. The number of para-hydroxylation sites is 1. The lowest BCUT2D eigenvalue weighted by atomic mass is 10.1. The fourth-order valence-electron chi connectivity index (χ4n) is 2.36. The van der Waals surface area contributed by atoms with Crippen molar-refractivity contribution in [1.82, 2.24) is 9.55 Å². The van der Waals surface area contributed by atoms with E-state index >= 15 is 0 Å². The minimum absolute atomic E-state index is 0.105. The first-order valence-corrected chi connectivity index (χ1v) is 9.86. The maximum atomic E-state index is 12.0. The van der Waals surface area contributed by atoms with E-state index in [-0.39, 0.29) is 11.4 Å². The summed E-state index contributed by atoms with van der Waals surface area (Å²) in [7, 11) is 0. The first-order chi connectivity index (χ1) is 12.4. The number of hydrogen-bond donors (Lipinski definition) is 3. The van der Waals surface area contributed by atoms with Crippen LogP contribution in [0.1, 0.15) is 33.3 Å². The van der Waals surface area contributed by atoms with E-state index in [1.165, 1.54) is 16.5 Å². The van der Waals surface area contributed by atoms with Crippen LogP contribution in [0.5, 0.6) is 0 Å². The Balaban J connectivity index is 0.00000117. The summed E-state index contributed by atoms with van der Waals surface area (Å²) in [5.74, 6) is 0. The molecule has 0 aliphatic carbocycles. The average molecular weight is 391 g/mol. The molecule has 0 radical (unpaired) electrons. The number of thiazole rings is 1. The zero-order valence-electron chi connectivity index (χ0n) is 15.2. The Hall–Kier alpha value is -2.21. The summed E-state index contributed by atoms with van der Waals surface area (Å²) in [6.07, 6.45) is 3.41. The normalized spacial score (nSPS) is 10.9. The van der Waals surface area contributed by atoms with Crippen molar-refractivity contribution in [3.63, 3.8) is 0 Å².